The van der Waals surface area contributed by atoms with Crippen LogP contribution in [-0.2, 0) is 0 Å². The van der Waals surface area contributed by atoms with Gasteiger partial charge in [-0.15, -0.1) is 0 Å². The number of nitriles is 1. The third-order valence-electron chi connectivity index (χ3n) is 3.01. The number of benzene rings is 1. The fourth-order valence-electron chi connectivity index (χ4n) is 2.04. The quantitative estimate of drug-likeness (QED) is 0.665. The van der Waals surface area contributed by atoms with Gasteiger partial charge in [0.05, 0.1) is 0 Å². The number of aromatic nitrogens is 2. The Labute approximate surface area is 109 Å². The predicted octanol–water partition coefficient (Wildman–Crippen LogP) is 3.32. The molecule has 0 spiro atoms. The molecular formula is C15H10FN3. The zero-order valence-electron chi connectivity index (χ0n) is 10.3. The minimum absolute atomic E-state index is 0.346. The van der Waals surface area contributed by atoms with Gasteiger partial charge in [0.25, 0.3) is 0 Å². The van der Waals surface area contributed by atoms with Crippen molar-refractivity contribution in [1.82, 2.24) is 9.38 Å². The van der Waals surface area contributed by atoms with Crippen LogP contribution in [0, 0.1) is 24.1 Å². The van der Waals surface area contributed by atoms with Crippen molar-refractivity contribution in [1.29, 1.82) is 5.26 Å². The van der Waals surface area contributed by atoms with Gasteiger partial charge in [-0.05, 0) is 19.1 Å². The Morgan fingerprint density at radius 2 is 1.89 bits per heavy atom. The van der Waals surface area contributed by atoms with E-state index in [1.54, 1.807) is 6.07 Å². The summed E-state index contributed by atoms with van der Waals surface area (Å²) in [5.41, 5.74) is 3.48. The summed E-state index contributed by atoms with van der Waals surface area (Å²) in [7, 11) is 0. The Kier molecular flexibility index (Phi) is 2.53. The van der Waals surface area contributed by atoms with Crippen LogP contribution >= 0.6 is 0 Å². The maximum Gasteiger partial charge on any atom is 0.152 e. The molecule has 2 heterocycles. The summed E-state index contributed by atoms with van der Waals surface area (Å²) in [5.74, 6) is -0.392. The van der Waals surface area contributed by atoms with E-state index in [0.717, 1.165) is 11.1 Å². The number of hydrogen-bond acceptors (Lipinski definition) is 2. The molecule has 0 N–H and O–H groups in total. The summed E-state index contributed by atoms with van der Waals surface area (Å²) in [6.07, 6.45) is 1.28. The molecule has 19 heavy (non-hydrogen) atoms. The van der Waals surface area contributed by atoms with Crippen LogP contribution in [0.4, 0.5) is 4.39 Å². The van der Waals surface area contributed by atoms with Crippen LogP contribution in [0.2, 0.25) is 0 Å². The van der Waals surface area contributed by atoms with E-state index in [2.05, 4.69) is 11.1 Å². The van der Waals surface area contributed by atoms with Crippen molar-refractivity contribution in [3.63, 3.8) is 0 Å². The van der Waals surface area contributed by atoms with Crippen molar-refractivity contribution < 1.29 is 4.39 Å². The van der Waals surface area contributed by atoms with E-state index >= 15 is 0 Å². The van der Waals surface area contributed by atoms with E-state index in [0.29, 0.717) is 17.0 Å². The molecule has 0 amide bonds. The van der Waals surface area contributed by atoms with Gasteiger partial charge in [0, 0.05) is 11.8 Å². The smallest absolute Gasteiger partial charge is 0.152 e. The van der Waals surface area contributed by atoms with Gasteiger partial charge >= 0.3 is 0 Å². The number of fused-ring (bicyclic) bond motifs is 1. The summed E-state index contributed by atoms with van der Waals surface area (Å²) in [6, 6.07) is 12.7. The van der Waals surface area contributed by atoms with E-state index in [-0.39, 0.29) is 0 Å². The van der Waals surface area contributed by atoms with E-state index < -0.39 is 5.82 Å². The zero-order chi connectivity index (χ0) is 13.4. The molecular weight excluding hydrogens is 241 g/mol. The molecule has 0 saturated carbocycles. The van der Waals surface area contributed by atoms with Gasteiger partial charge in [-0.2, -0.15) is 5.26 Å². The standard InChI is InChI=1S/C15H10FN3/c1-10-2-4-11(5-3-10)15-13(8-17)19-9-12(16)6-7-14(19)18-15/h2-7,9H,1H3. The first-order chi connectivity index (χ1) is 9.19. The summed E-state index contributed by atoms with van der Waals surface area (Å²) >= 11 is 0. The van der Waals surface area contributed by atoms with E-state index in [1.807, 2.05) is 31.2 Å². The van der Waals surface area contributed by atoms with Gasteiger partial charge in [0.15, 0.2) is 5.69 Å². The molecule has 4 heteroatoms. The van der Waals surface area contributed by atoms with Crippen LogP contribution in [0.1, 0.15) is 11.3 Å². The lowest BCUT2D eigenvalue weighted by Gasteiger charge is -1.98. The maximum atomic E-state index is 13.3. The van der Waals surface area contributed by atoms with Crippen LogP contribution in [0.25, 0.3) is 16.9 Å². The second kappa shape index (κ2) is 4.21. The fourth-order valence-corrected chi connectivity index (χ4v) is 2.04. The number of pyridine rings is 1. The number of aryl methyl sites for hydroxylation is 1. The largest absolute Gasteiger partial charge is 0.288 e. The van der Waals surface area contributed by atoms with Crippen molar-refractivity contribution in [3.05, 3.63) is 59.7 Å². The lowest BCUT2D eigenvalue weighted by atomic mass is 10.1. The third-order valence-corrected chi connectivity index (χ3v) is 3.01. The first-order valence-corrected chi connectivity index (χ1v) is 5.84. The number of hydrogen-bond donors (Lipinski definition) is 0. The van der Waals surface area contributed by atoms with Gasteiger partial charge in [-0.25, -0.2) is 9.37 Å². The van der Waals surface area contributed by atoms with Crippen LogP contribution in [-0.4, -0.2) is 9.38 Å². The first kappa shape index (κ1) is 11.4. The average Bonchev–Trinajstić information content (AvgIpc) is 2.77. The first-order valence-electron chi connectivity index (χ1n) is 5.84. The number of rotatable bonds is 1. The molecule has 3 rings (SSSR count). The van der Waals surface area contributed by atoms with Crippen molar-refractivity contribution >= 4 is 5.65 Å². The highest BCUT2D eigenvalue weighted by Crippen LogP contribution is 2.24. The minimum atomic E-state index is -0.392. The van der Waals surface area contributed by atoms with Crippen molar-refractivity contribution in [2.45, 2.75) is 6.92 Å². The van der Waals surface area contributed by atoms with E-state index in [1.165, 1.54) is 16.7 Å². The molecule has 0 fully saturated rings. The molecule has 92 valence electrons. The van der Waals surface area contributed by atoms with Crippen LogP contribution in [0.15, 0.2) is 42.6 Å². The zero-order valence-corrected chi connectivity index (χ0v) is 10.3. The Hall–Kier alpha value is -2.67. The van der Waals surface area contributed by atoms with Crippen LogP contribution < -0.4 is 0 Å². The Morgan fingerprint density at radius 3 is 2.58 bits per heavy atom. The Balaban J connectivity index is 2.29. The summed E-state index contributed by atoms with van der Waals surface area (Å²) in [5, 5.41) is 9.28. The lowest BCUT2D eigenvalue weighted by Crippen LogP contribution is -1.90. The fraction of sp³-hybridized carbons (Fsp3) is 0.0667. The second-order valence-corrected chi connectivity index (χ2v) is 4.36. The highest BCUT2D eigenvalue weighted by atomic mass is 19.1. The monoisotopic (exact) mass is 251 g/mol. The third kappa shape index (κ3) is 1.85. The molecule has 3 nitrogen and oxygen atoms in total. The van der Waals surface area contributed by atoms with Crippen molar-refractivity contribution in [2.75, 3.05) is 0 Å². The number of imidazole rings is 1. The van der Waals surface area contributed by atoms with Gasteiger partial charge in [0.2, 0.25) is 0 Å². The van der Waals surface area contributed by atoms with Crippen LogP contribution in [0.3, 0.4) is 0 Å². The highest BCUT2D eigenvalue weighted by Gasteiger charge is 2.13. The molecule has 0 aliphatic carbocycles. The lowest BCUT2D eigenvalue weighted by molar-refractivity contribution is 0.619. The molecule has 0 unspecified atom stereocenters. The predicted molar refractivity (Wildman–Crippen MR) is 70.0 cm³/mol. The molecule has 2 aromatic heterocycles. The second-order valence-electron chi connectivity index (χ2n) is 4.36. The molecule has 0 bridgehead atoms. The molecule has 0 aliphatic rings. The summed E-state index contributed by atoms with van der Waals surface area (Å²) < 4.78 is 14.7. The van der Waals surface area contributed by atoms with Crippen molar-refractivity contribution in [3.8, 4) is 17.3 Å². The Bertz CT molecular complexity index is 795. The highest BCUT2D eigenvalue weighted by molar-refractivity contribution is 5.69. The van der Waals surface area contributed by atoms with Gasteiger partial charge in [-0.3, -0.25) is 4.40 Å². The van der Waals surface area contributed by atoms with E-state index in [9.17, 15) is 9.65 Å². The molecule has 0 aliphatic heterocycles. The summed E-state index contributed by atoms with van der Waals surface area (Å²) in [4.78, 5) is 4.40. The molecule has 0 radical (unpaired) electrons. The topological polar surface area (TPSA) is 41.1 Å². The molecule has 0 saturated heterocycles. The van der Waals surface area contributed by atoms with Gasteiger partial charge in [-0.1, -0.05) is 29.8 Å². The molecule has 0 atom stereocenters. The Morgan fingerprint density at radius 1 is 1.16 bits per heavy atom. The van der Waals surface area contributed by atoms with Crippen molar-refractivity contribution in [2.24, 2.45) is 0 Å². The van der Waals surface area contributed by atoms with E-state index in [4.69, 9.17) is 0 Å². The van der Waals surface area contributed by atoms with Crippen LogP contribution in [0.5, 0.6) is 0 Å². The molecule has 1 aromatic carbocycles. The average molecular weight is 251 g/mol. The molecule has 3 aromatic rings. The SMILES string of the molecule is Cc1ccc(-c2nc3ccc(F)cn3c2C#N)cc1. The van der Waals surface area contributed by atoms with Gasteiger partial charge < -0.3 is 0 Å². The maximum absolute atomic E-state index is 13.3. The normalized spacial score (nSPS) is 10.6. The minimum Gasteiger partial charge on any atom is -0.288 e. The van der Waals surface area contributed by atoms with Gasteiger partial charge in [0.1, 0.15) is 23.2 Å². The summed E-state index contributed by atoms with van der Waals surface area (Å²) in [6.45, 7) is 1.99. The number of nitrogens with zero attached hydrogens (tertiary/aromatic N) is 3. The number of halogens is 1.